The van der Waals surface area contributed by atoms with Gasteiger partial charge >= 0.3 is 0 Å². The number of hydrogen-bond acceptors (Lipinski definition) is 18. The monoisotopic (exact) mass is 1200 g/mol. The van der Waals surface area contributed by atoms with Crippen molar-refractivity contribution in [1.82, 2.24) is 5.32 Å². The van der Waals surface area contributed by atoms with E-state index in [0.29, 0.717) is 12.8 Å². The van der Waals surface area contributed by atoms with Gasteiger partial charge in [0.05, 0.1) is 38.6 Å². The highest BCUT2D eigenvalue weighted by Gasteiger charge is 2.53. The van der Waals surface area contributed by atoms with Crippen LogP contribution in [0.5, 0.6) is 0 Å². The highest BCUT2D eigenvalue weighted by atomic mass is 16.8. The average molecular weight is 1200 g/mol. The van der Waals surface area contributed by atoms with Crippen molar-refractivity contribution < 1.29 is 89.4 Å². The molecule has 17 atom stereocenters. The molecule has 0 aromatic heterocycles. The van der Waals surface area contributed by atoms with Gasteiger partial charge in [0.1, 0.15) is 73.2 Å². The molecule has 3 saturated heterocycles. The second kappa shape index (κ2) is 48.2. The number of amides is 1. The second-order valence-corrected chi connectivity index (χ2v) is 24.3. The standard InChI is InChI=1S/C65H121NO18/c1-3-5-7-9-11-13-15-17-19-21-22-23-24-25-26-27-28-30-32-34-36-38-40-42-49(70)48(66-53(71)43-41-39-37-35-33-31-29-20-18-16-14-12-10-8-6-4-2)47-79-63-59(77)56(74)61(51(45-68)81-63)84-65-60(78)57(75)62(52(46-69)82-65)83-64-58(76)55(73)54(72)50(44-67)80-64/h14,16,20,29,48-52,54-65,67-70,72-78H,3-13,15,17-19,21-28,30-47H2,1-2H3,(H,66,71)/b16-14-,29-20-. The molecular weight excluding hydrogens is 1080 g/mol. The molecule has 0 saturated carbocycles. The van der Waals surface area contributed by atoms with Gasteiger partial charge < -0.3 is 89.9 Å². The molecule has 3 aliphatic heterocycles. The zero-order valence-corrected chi connectivity index (χ0v) is 51.9. The summed E-state index contributed by atoms with van der Waals surface area (Å²) in [5.41, 5.74) is 0. The number of aliphatic hydroxyl groups is 11. The molecule has 19 heteroatoms. The Kier molecular flexibility index (Phi) is 43.9. The van der Waals surface area contributed by atoms with Gasteiger partial charge in [-0.05, 0) is 44.9 Å². The topological polar surface area (TPSA) is 307 Å². The van der Waals surface area contributed by atoms with E-state index in [1.165, 1.54) is 148 Å². The first kappa shape index (κ1) is 76.5. The molecule has 84 heavy (non-hydrogen) atoms. The van der Waals surface area contributed by atoms with Crippen molar-refractivity contribution in [2.24, 2.45) is 0 Å². The average Bonchev–Trinajstić information content (AvgIpc) is 2.79. The lowest BCUT2D eigenvalue weighted by Crippen LogP contribution is -2.66. The first-order valence-corrected chi connectivity index (χ1v) is 33.6. The molecule has 0 bridgehead atoms. The van der Waals surface area contributed by atoms with Crippen LogP contribution in [0.4, 0.5) is 0 Å². The highest BCUT2D eigenvalue weighted by Crippen LogP contribution is 2.33. The summed E-state index contributed by atoms with van der Waals surface area (Å²) in [5.74, 6) is -0.254. The second-order valence-electron chi connectivity index (χ2n) is 24.3. The number of carbonyl (C=O) groups excluding carboxylic acids is 1. The van der Waals surface area contributed by atoms with E-state index >= 15 is 0 Å². The molecule has 0 radical (unpaired) electrons. The molecule has 1 amide bonds. The Morgan fingerprint density at radius 3 is 1.23 bits per heavy atom. The summed E-state index contributed by atoms with van der Waals surface area (Å²) in [7, 11) is 0. The lowest BCUT2D eigenvalue weighted by atomic mass is 9.96. The van der Waals surface area contributed by atoms with E-state index in [-0.39, 0.29) is 18.9 Å². The number of carbonyl (C=O) groups is 1. The van der Waals surface area contributed by atoms with Crippen molar-refractivity contribution in [2.45, 2.75) is 356 Å². The Labute approximate surface area is 505 Å². The maximum atomic E-state index is 13.4. The summed E-state index contributed by atoms with van der Waals surface area (Å²) in [6.45, 7) is 1.79. The van der Waals surface area contributed by atoms with Gasteiger partial charge in [-0.3, -0.25) is 4.79 Å². The molecule has 19 nitrogen and oxygen atoms in total. The number of rotatable bonds is 51. The Balaban J connectivity index is 1.45. The molecule has 0 aromatic carbocycles. The highest BCUT2D eigenvalue weighted by molar-refractivity contribution is 5.76. The fourth-order valence-electron chi connectivity index (χ4n) is 11.5. The molecule has 0 spiro atoms. The number of aliphatic hydroxyl groups excluding tert-OH is 11. The molecule has 0 aromatic rings. The maximum Gasteiger partial charge on any atom is 0.220 e. The smallest absolute Gasteiger partial charge is 0.220 e. The van der Waals surface area contributed by atoms with Crippen LogP contribution in [0, 0.1) is 0 Å². The van der Waals surface area contributed by atoms with Crippen molar-refractivity contribution in [2.75, 3.05) is 26.4 Å². The van der Waals surface area contributed by atoms with Crippen molar-refractivity contribution in [1.29, 1.82) is 0 Å². The number of nitrogens with one attached hydrogen (secondary N) is 1. The third-order valence-electron chi connectivity index (χ3n) is 17.0. The van der Waals surface area contributed by atoms with E-state index in [1.807, 2.05) is 0 Å². The van der Waals surface area contributed by atoms with E-state index in [2.05, 4.69) is 43.5 Å². The van der Waals surface area contributed by atoms with Crippen LogP contribution in [0.15, 0.2) is 24.3 Å². The number of allylic oxidation sites excluding steroid dienone is 4. The van der Waals surface area contributed by atoms with Crippen LogP contribution in [0.2, 0.25) is 0 Å². The quantitative estimate of drug-likeness (QED) is 0.0204. The first-order valence-electron chi connectivity index (χ1n) is 33.6. The van der Waals surface area contributed by atoms with E-state index in [0.717, 1.165) is 70.6 Å². The van der Waals surface area contributed by atoms with E-state index in [4.69, 9.17) is 28.4 Å². The SMILES string of the molecule is CCCCCC/C=C\C/C=C\CCCCCCCC(=O)NC(COC1OC(CO)C(OC2OC(CO)C(OC3OC(CO)C(O)C(O)C3O)C(O)C2O)C(O)C1O)C(O)CCCCCCCCCCCCCCCCCCCCCCCCC. The Hall–Kier alpha value is -1.73. The van der Waals surface area contributed by atoms with Crippen molar-refractivity contribution >= 4 is 5.91 Å². The van der Waals surface area contributed by atoms with Gasteiger partial charge in [0.15, 0.2) is 18.9 Å². The molecular formula is C65H121NO18. The lowest BCUT2D eigenvalue weighted by Gasteiger charge is -2.48. The van der Waals surface area contributed by atoms with Crippen LogP contribution in [0.3, 0.4) is 0 Å². The third-order valence-corrected chi connectivity index (χ3v) is 17.0. The number of ether oxygens (including phenoxy) is 6. The van der Waals surface area contributed by atoms with Gasteiger partial charge in [-0.2, -0.15) is 0 Å². The van der Waals surface area contributed by atoms with Crippen molar-refractivity contribution in [3.05, 3.63) is 24.3 Å². The third kappa shape index (κ3) is 30.7. The fourth-order valence-corrected chi connectivity index (χ4v) is 11.5. The minimum Gasteiger partial charge on any atom is -0.394 e. The summed E-state index contributed by atoms with van der Waals surface area (Å²) in [5, 5.41) is 121. The minimum atomic E-state index is -1.97. The van der Waals surface area contributed by atoms with Gasteiger partial charge in [-0.25, -0.2) is 0 Å². The zero-order valence-electron chi connectivity index (χ0n) is 51.9. The summed E-state index contributed by atoms with van der Waals surface area (Å²) >= 11 is 0. The van der Waals surface area contributed by atoms with Gasteiger partial charge in [-0.1, -0.05) is 224 Å². The van der Waals surface area contributed by atoms with Crippen LogP contribution in [-0.4, -0.2) is 193 Å². The van der Waals surface area contributed by atoms with Crippen LogP contribution in [0.1, 0.15) is 251 Å². The molecule has 3 fully saturated rings. The van der Waals surface area contributed by atoms with Gasteiger partial charge in [0.2, 0.25) is 5.91 Å². The molecule has 494 valence electrons. The van der Waals surface area contributed by atoms with Crippen LogP contribution < -0.4 is 5.32 Å². The Morgan fingerprint density at radius 2 is 0.786 bits per heavy atom. The number of hydrogen-bond donors (Lipinski definition) is 12. The first-order chi connectivity index (χ1) is 40.8. The minimum absolute atomic E-state index is 0.252. The van der Waals surface area contributed by atoms with Gasteiger partial charge in [0, 0.05) is 6.42 Å². The van der Waals surface area contributed by atoms with Crippen LogP contribution in [-0.2, 0) is 33.2 Å². The molecule has 0 aliphatic carbocycles. The Bertz CT molecular complexity index is 1630. The fraction of sp³-hybridized carbons (Fsp3) is 0.923. The van der Waals surface area contributed by atoms with Crippen LogP contribution in [0.25, 0.3) is 0 Å². The molecule has 3 rings (SSSR count). The number of unbranched alkanes of at least 4 members (excludes halogenated alkanes) is 31. The zero-order chi connectivity index (χ0) is 61.2. The Morgan fingerprint density at radius 1 is 0.429 bits per heavy atom. The predicted molar refractivity (Wildman–Crippen MR) is 323 cm³/mol. The summed E-state index contributed by atoms with van der Waals surface area (Å²) in [6, 6.07) is -0.893. The van der Waals surface area contributed by atoms with E-state index in [1.54, 1.807) is 0 Å². The molecule has 3 aliphatic rings. The van der Waals surface area contributed by atoms with Crippen molar-refractivity contribution in [3.63, 3.8) is 0 Å². The lowest BCUT2D eigenvalue weighted by molar-refractivity contribution is -0.379. The maximum absolute atomic E-state index is 13.4. The summed E-state index contributed by atoms with van der Waals surface area (Å²) in [6.07, 6.45) is 25.4. The summed E-state index contributed by atoms with van der Waals surface area (Å²) < 4.78 is 34.4. The van der Waals surface area contributed by atoms with Gasteiger partial charge in [-0.15, -0.1) is 0 Å². The largest absolute Gasteiger partial charge is 0.394 e. The van der Waals surface area contributed by atoms with Gasteiger partial charge in [0.25, 0.3) is 0 Å². The van der Waals surface area contributed by atoms with Crippen molar-refractivity contribution in [3.8, 4) is 0 Å². The van der Waals surface area contributed by atoms with E-state index < -0.39 is 124 Å². The molecule has 12 N–H and O–H groups in total. The normalized spacial score (nSPS) is 29.3. The molecule has 3 heterocycles. The summed E-state index contributed by atoms with van der Waals surface area (Å²) in [4.78, 5) is 13.4. The molecule has 17 unspecified atom stereocenters. The predicted octanol–water partition coefficient (Wildman–Crippen LogP) is 7.88. The van der Waals surface area contributed by atoms with E-state index in [9.17, 15) is 61.0 Å². The van der Waals surface area contributed by atoms with Crippen LogP contribution >= 0.6 is 0 Å².